The van der Waals surface area contributed by atoms with Crippen molar-refractivity contribution in [1.82, 2.24) is 4.90 Å². The molecule has 0 aliphatic carbocycles. The minimum absolute atomic E-state index is 0.0646. The molecule has 5 heteroatoms. The number of amides is 1. The van der Waals surface area contributed by atoms with Gasteiger partial charge in [0.15, 0.2) is 0 Å². The van der Waals surface area contributed by atoms with Crippen LogP contribution in [-0.2, 0) is 9.53 Å². The Labute approximate surface area is 117 Å². The number of piperidine rings is 1. The molecule has 1 fully saturated rings. The Morgan fingerprint density at radius 1 is 1.47 bits per heavy atom. The van der Waals surface area contributed by atoms with Gasteiger partial charge in [-0.25, -0.2) is 4.79 Å². The van der Waals surface area contributed by atoms with Crippen molar-refractivity contribution in [3.8, 4) is 0 Å². The van der Waals surface area contributed by atoms with Gasteiger partial charge in [0.05, 0.1) is 11.5 Å². The van der Waals surface area contributed by atoms with Gasteiger partial charge < -0.3 is 9.64 Å². The number of hydrogen-bond donors (Lipinski definition) is 0. The highest BCUT2D eigenvalue weighted by Gasteiger charge is 2.45. The van der Waals surface area contributed by atoms with E-state index in [0.29, 0.717) is 24.4 Å². The molecule has 0 aromatic carbocycles. The summed E-state index contributed by atoms with van der Waals surface area (Å²) >= 11 is 1.41. The summed E-state index contributed by atoms with van der Waals surface area (Å²) in [5, 5.41) is 1.87. The average molecular weight is 281 g/mol. The van der Waals surface area contributed by atoms with Crippen molar-refractivity contribution in [2.45, 2.75) is 38.6 Å². The Morgan fingerprint density at radius 2 is 2.26 bits per heavy atom. The molecule has 1 amide bonds. The standard InChI is InChI=1S/C14H19NO3S/c1-3-18-13(17)14(2)8-4-5-9-15(14)12(16)11-7-6-10-19-11/h6-7,10H,3-5,8-9H2,1-2H3. The molecule has 104 valence electrons. The summed E-state index contributed by atoms with van der Waals surface area (Å²) in [6, 6.07) is 3.65. The van der Waals surface area contributed by atoms with Crippen LogP contribution in [0.15, 0.2) is 17.5 Å². The maximum Gasteiger partial charge on any atom is 0.331 e. The number of thiophene rings is 1. The van der Waals surface area contributed by atoms with Crippen LogP contribution in [0.25, 0.3) is 0 Å². The van der Waals surface area contributed by atoms with Gasteiger partial charge in [-0.05, 0) is 44.6 Å². The molecule has 1 aliphatic rings. The summed E-state index contributed by atoms with van der Waals surface area (Å²) in [5.74, 6) is -0.357. The predicted octanol–water partition coefficient (Wildman–Crippen LogP) is 2.70. The molecule has 2 rings (SSSR count). The Kier molecular flexibility index (Phi) is 4.24. The molecular weight excluding hydrogens is 262 g/mol. The van der Waals surface area contributed by atoms with Gasteiger partial charge in [-0.3, -0.25) is 4.79 Å². The fourth-order valence-electron chi connectivity index (χ4n) is 2.48. The zero-order chi connectivity index (χ0) is 13.9. The molecule has 1 atom stereocenters. The zero-order valence-electron chi connectivity index (χ0n) is 11.3. The summed E-state index contributed by atoms with van der Waals surface area (Å²) in [7, 11) is 0. The van der Waals surface area contributed by atoms with Crippen LogP contribution in [0.5, 0.6) is 0 Å². The minimum atomic E-state index is -0.824. The van der Waals surface area contributed by atoms with Crippen LogP contribution in [0.1, 0.15) is 42.8 Å². The molecule has 0 spiro atoms. The van der Waals surface area contributed by atoms with Crippen molar-refractivity contribution in [3.05, 3.63) is 22.4 Å². The van der Waals surface area contributed by atoms with E-state index < -0.39 is 5.54 Å². The second-order valence-corrected chi connectivity index (χ2v) is 5.83. The molecule has 1 saturated heterocycles. The second kappa shape index (κ2) is 5.74. The van der Waals surface area contributed by atoms with E-state index in [0.717, 1.165) is 12.8 Å². The van der Waals surface area contributed by atoms with Crippen molar-refractivity contribution >= 4 is 23.2 Å². The molecule has 4 nitrogen and oxygen atoms in total. The van der Waals surface area contributed by atoms with Crippen LogP contribution in [0.3, 0.4) is 0 Å². The van der Waals surface area contributed by atoms with E-state index in [9.17, 15) is 9.59 Å². The van der Waals surface area contributed by atoms with Crippen molar-refractivity contribution in [1.29, 1.82) is 0 Å². The lowest BCUT2D eigenvalue weighted by atomic mass is 9.88. The van der Waals surface area contributed by atoms with Crippen molar-refractivity contribution < 1.29 is 14.3 Å². The molecular formula is C14H19NO3S. The average Bonchev–Trinajstić information content (AvgIpc) is 2.92. The first-order valence-corrected chi connectivity index (χ1v) is 7.50. The lowest BCUT2D eigenvalue weighted by Crippen LogP contribution is -2.58. The number of likely N-dealkylation sites (tertiary alicyclic amines) is 1. The molecule has 1 aliphatic heterocycles. The first kappa shape index (κ1) is 14.1. The monoisotopic (exact) mass is 281 g/mol. The number of ether oxygens (including phenoxy) is 1. The summed E-state index contributed by atoms with van der Waals surface area (Å²) in [6.07, 6.45) is 2.55. The molecule has 2 heterocycles. The lowest BCUT2D eigenvalue weighted by Gasteiger charge is -2.42. The fraction of sp³-hybridized carbons (Fsp3) is 0.571. The topological polar surface area (TPSA) is 46.6 Å². The Morgan fingerprint density at radius 3 is 2.89 bits per heavy atom. The number of esters is 1. The van der Waals surface area contributed by atoms with Gasteiger partial charge in [0, 0.05) is 6.54 Å². The Hall–Kier alpha value is -1.36. The SMILES string of the molecule is CCOC(=O)C1(C)CCCCN1C(=O)c1cccs1. The van der Waals surface area contributed by atoms with Crippen molar-refractivity contribution in [3.63, 3.8) is 0 Å². The largest absolute Gasteiger partial charge is 0.464 e. The van der Waals surface area contributed by atoms with E-state index in [4.69, 9.17) is 4.74 Å². The van der Waals surface area contributed by atoms with Crippen molar-refractivity contribution in [2.24, 2.45) is 0 Å². The summed E-state index contributed by atoms with van der Waals surface area (Å²) in [4.78, 5) is 27.1. The third kappa shape index (κ3) is 2.66. The molecule has 0 bridgehead atoms. The zero-order valence-corrected chi connectivity index (χ0v) is 12.2. The molecule has 1 unspecified atom stereocenters. The van der Waals surface area contributed by atoms with Gasteiger partial charge in [0.1, 0.15) is 5.54 Å². The highest BCUT2D eigenvalue weighted by atomic mass is 32.1. The molecule has 1 aromatic heterocycles. The highest BCUT2D eigenvalue weighted by Crippen LogP contribution is 2.31. The normalized spacial score (nSPS) is 23.2. The van der Waals surface area contributed by atoms with E-state index in [2.05, 4.69) is 0 Å². The highest BCUT2D eigenvalue weighted by molar-refractivity contribution is 7.12. The van der Waals surface area contributed by atoms with Crippen molar-refractivity contribution in [2.75, 3.05) is 13.2 Å². The third-order valence-corrected chi connectivity index (χ3v) is 4.44. The molecule has 0 N–H and O–H groups in total. The van der Waals surface area contributed by atoms with Gasteiger partial charge in [0.2, 0.25) is 0 Å². The van der Waals surface area contributed by atoms with Crippen LogP contribution < -0.4 is 0 Å². The van der Waals surface area contributed by atoms with Crippen LogP contribution in [0.4, 0.5) is 0 Å². The Balaban J connectivity index is 2.25. The van der Waals surface area contributed by atoms with E-state index >= 15 is 0 Å². The summed E-state index contributed by atoms with van der Waals surface area (Å²) in [6.45, 7) is 4.56. The molecule has 0 radical (unpaired) electrons. The van der Waals surface area contributed by atoms with Crippen LogP contribution >= 0.6 is 11.3 Å². The van der Waals surface area contributed by atoms with Gasteiger partial charge in [-0.1, -0.05) is 6.07 Å². The number of hydrogen-bond acceptors (Lipinski definition) is 4. The van der Waals surface area contributed by atoms with Gasteiger partial charge >= 0.3 is 5.97 Å². The third-order valence-electron chi connectivity index (χ3n) is 3.58. The smallest absolute Gasteiger partial charge is 0.331 e. The van der Waals surface area contributed by atoms with Crippen LogP contribution in [0, 0.1) is 0 Å². The fourth-order valence-corrected chi connectivity index (χ4v) is 3.15. The van der Waals surface area contributed by atoms with Gasteiger partial charge in [-0.15, -0.1) is 11.3 Å². The minimum Gasteiger partial charge on any atom is -0.464 e. The van der Waals surface area contributed by atoms with Gasteiger partial charge in [-0.2, -0.15) is 0 Å². The predicted molar refractivity (Wildman–Crippen MR) is 74.2 cm³/mol. The maximum atomic E-state index is 12.5. The molecule has 0 saturated carbocycles. The number of nitrogens with zero attached hydrogens (tertiary/aromatic N) is 1. The van der Waals surface area contributed by atoms with Gasteiger partial charge in [0.25, 0.3) is 5.91 Å². The summed E-state index contributed by atoms with van der Waals surface area (Å²) in [5.41, 5.74) is -0.824. The number of carbonyl (C=O) groups is 2. The first-order chi connectivity index (χ1) is 9.09. The maximum absolute atomic E-state index is 12.5. The van der Waals surface area contributed by atoms with Crippen LogP contribution in [0.2, 0.25) is 0 Å². The molecule has 19 heavy (non-hydrogen) atoms. The number of carbonyl (C=O) groups excluding carboxylic acids is 2. The lowest BCUT2D eigenvalue weighted by molar-refractivity contribution is -0.157. The Bertz CT molecular complexity index is 457. The van der Waals surface area contributed by atoms with E-state index in [1.54, 1.807) is 17.9 Å². The quantitative estimate of drug-likeness (QED) is 0.800. The second-order valence-electron chi connectivity index (χ2n) is 4.89. The van der Waals surface area contributed by atoms with Crippen LogP contribution in [-0.4, -0.2) is 35.5 Å². The first-order valence-electron chi connectivity index (χ1n) is 6.62. The van der Waals surface area contributed by atoms with E-state index in [-0.39, 0.29) is 11.9 Å². The van der Waals surface area contributed by atoms with E-state index in [1.807, 2.05) is 18.4 Å². The molecule has 1 aromatic rings. The van der Waals surface area contributed by atoms with E-state index in [1.165, 1.54) is 11.3 Å². The number of rotatable bonds is 3. The summed E-state index contributed by atoms with van der Waals surface area (Å²) < 4.78 is 5.15.